The zero-order chi connectivity index (χ0) is 23.8. The van der Waals surface area contributed by atoms with Gasteiger partial charge in [0.15, 0.2) is 0 Å². The van der Waals surface area contributed by atoms with Crippen LogP contribution in [-0.4, -0.2) is 26.6 Å². The molecule has 0 aliphatic heterocycles. The normalized spacial score (nSPS) is 11.8. The molecule has 0 spiro atoms. The van der Waals surface area contributed by atoms with Gasteiger partial charge in [-0.3, -0.25) is 9.10 Å². The molecule has 8 heteroatoms. The Morgan fingerprint density at radius 3 is 2.27 bits per heavy atom. The number of halogens is 1. The first-order valence-electron chi connectivity index (χ1n) is 10.5. The van der Waals surface area contributed by atoms with E-state index in [1.807, 2.05) is 37.3 Å². The molecule has 172 valence electrons. The molecule has 1 N–H and O–H groups in total. The van der Waals surface area contributed by atoms with Crippen LogP contribution in [0.2, 0.25) is 5.02 Å². The number of rotatable bonds is 9. The largest absolute Gasteiger partial charge is 0.271 e. The van der Waals surface area contributed by atoms with Crippen LogP contribution in [0.25, 0.3) is 0 Å². The summed E-state index contributed by atoms with van der Waals surface area (Å²) in [4.78, 5) is 12.8. The summed E-state index contributed by atoms with van der Waals surface area (Å²) in [5.74, 6) is -0.548. The molecule has 0 fully saturated rings. The molecule has 0 saturated carbocycles. The lowest BCUT2D eigenvalue weighted by atomic mass is 10.1. The fourth-order valence-electron chi connectivity index (χ4n) is 3.23. The first-order chi connectivity index (χ1) is 15.8. The van der Waals surface area contributed by atoms with Gasteiger partial charge in [0.05, 0.1) is 10.6 Å². The lowest BCUT2D eigenvalue weighted by Gasteiger charge is -2.25. The SMILES string of the molecule is C/C(CCc1ccccc1)=N/NC(=O)CN(c1cccc(Cl)c1C)S(=O)(=O)c1ccccc1. The van der Waals surface area contributed by atoms with Crippen molar-refractivity contribution < 1.29 is 13.2 Å². The molecule has 0 atom stereocenters. The minimum absolute atomic E-state index is 0.0831. The maximum atomic E-state index is 13.4. The highest BCUT2D eigenvalue weighted by molar-refractivity contribution is 7.92. The maximum Gasteiger partial charge on any atom is 0.264 e. The van der Waals surface area contributed by atoms with E-state index in [-0.39, 0.29) is 4.90 Å². The van der Waals surface area contributed by atoms with E-state index < -0.39 is 22.5 Å². The third kappa shape index (κ3) is 6.43. The number of nitrogens with one attached hydrogen (secondary N) is 1. The third-order valence-corrected chi connectivity index (χ3v) is 7.30. The second-order valence-corrected chi connectivity index (χ2v) is 9.85. The molecule has 0 unspecified atom stereocenters. The lowest BCUT2D eigenvalue weighted by Crippen LogP contribution is -2.40. The predicted molar refractivity (Wildman–Crippen MR) is 133 cm³/mol. The van der Waals surface area contributed by atoms with Crippen LogP contribution in [0.1, 0.15) is 24.5 Å². The average Bonchev–Trinajstić information content (AvgIpc) is 2.83. The van der Waals surface area contributed by atoms with E-state index >= 15 is 0 Å². The third-order valence-electron chi connectivity index (χ3n) is 5.12. The molecule has 0 aromatic heterocycles. The molecular weight excluding hydrogens is 458 g/mol. The van der Waals surface area contributed by atoms with E-state index in [0.717, 1.165) is 16.4 Å². The Bertz CT molecular complexity index is 1230. The van der Waals surface area contributed by atoms with E-state index in [1.165, 1.54) is 17.7 Å². The van der Waals surface area contributed by atoms with Gasteiger partial charge in [0, 0.05) is 10.7 Å². The number of nitrogens with zero attached hydrogens (tertiary/aromatic N) is 2. The van der Waals surface area contributed by atoms with E-state index in [2.05, 4.69) is 10.5 Å². The van der Waals surface area contributed by atoms with Crippen molar-refractivity contribution in [1.29, 1.82) is 0 Å². The fraction of sp³-hybridized carbons (Fsp3) is 0.200. The molecule has 3 rings (SSSR count). The number of carbonyl (C=O) groups is 1. The second kappa shape index (κ2) is 11.1. The summed E-state index contributed by atoms with van der Waals surface area (Å²) in [7, 11) is -4.01. The average molecular weight is 484 g/mol. The van der Waals surface area contributed by atoms with Crippen molar-refractivity contribution in [2.24, 2.45) is 5.10 Å². The van der Waals surface area contributed by atoms with Crippen LogP contribution < -0.4 is 9.73 Å². The molecule has 1 amide bonds. The van der Waals surface area contributed by atoms with Gasteiger partial charge in [0.25, 0.3) is 15.9 Å². The standard InChI is InChI=1S/C25H26ClN3O3S/c1-19(16-17-21-10-5-3-6-11-21)27-28-25(30)18-29(24-15-9-14-23(26)20(24)2)33(31,32)22-12-7-4-8-13-22/h3-15H,16-18H2,1-2H3,(H,28,30)/b27-19-. The fourth-order valence-corrected chi connectivity index (χ4v) is 4.90. The van der Waals surface area contributed by atoms with E-state index in [9.17, 15) is 13.2 Å². The Kier molecular flexibility index (Phi) is 8.25. The molecule has 0 bridgehead atoms. The highest BCUT2D eigenvalue weighted by Crippen LogP contribution is 2.30. The van der Waals surface area contributed by atoms with Gasteiger partial charge in [-0.05, 0) is 62.1 Å². The molecular formula is C25H26ClN3O3S. The smallest absolute Gasteiger partial charge is 0.264 e. The molecule has 3 aromatic carbocycles. The molecule has 0 heterocycles. The second-order valence-electron chi connectivity index (χ2n) is 7.58. The van der Waals surface area contributed by atoms with Gasteiger partial charge in [0.1, 0.15) is 6.54 Å². The zero-order valence-corrected chi connectivity index (χ0v) is 20.1. The minimum Gasteiger partial charge on any atom is -0.271 e. The number of hydrogen-bond acceptors (Lipinski definition) is 4. The Morgan fingerprint density at radius 1 is 0.970 bits per heavy atom. The van der Waals surface area contributed by atoms with Gasteiger partial charge >= 0.3 is 0 Å². The van der Waals surface area contributed by atoms with Crippen LogP contribution in [0.5, 0.6) is 0 Å². The van der Waals surface area contributed by atoms with Gasteiger partial charge in [0.2, 0.25) is 0 Å². The van der Waals surface area contributed by atoms with Gasteiger partial charge in [-0.25, -0.2) is 13.8 Å². The van der Waals surface area contributed by atoms with Crippen LogP contribution in [0, 0.1) is 6.92 Å². The minimum atomic E-state index is -4.01. The molecule has 0 aliphatic rings. The van der Waals surface area contributed by atoms with Crippen LogP contribution in [0.4, 0.5) is 5.69 Å². The summed E-state index contributed by atoms with van der Waals surface area (Å²) in [5.41, 5.74) is 5.30. The van der Waals surface area contributed by atoms with Crippen molar-refractivity contribution in [2.75, 3.05) is 10.8 Å². The summed E-state index contributed by atoms with van der Waals surface area (Å²) in [6.07, 6.45) is 1.46. The van der Waals surface area contributed by atoms with Crippen molar-refractivity contribution >= 4 is 38.9 Å². The van der Waals surface area contributed by atoms with Gasteiger partial charge < -0.3 is 0 Å². The van der Waals surface area contributed by atoms with Crippen LogP contribution in [0.3, 0.4) is 0 Å². The summed E-state index contributed by atoms with van der Waals surface area (Å²) in [5, 5.41) is 4.56. The van der Waals surface area contributed by atoms with E-state index in [0.29, 0.717) is 22.7 Å². The topological polar surface area (TPSA) is 78.8 Å². The molecule has 0 radical (unpaired) electrons. The Hall–Kier alpha value is -3.16. The quantitative estimate of drug-likeness (QED) is 0.345. The number of sulfonamides is 1. The number of amides is 1. The molecule has 6 nitrogen and oxygen atoms in total. The Morgan fingerprint density at radius 2 is 1.61 bits per heavy atom. The predicted octanol–water partition coefficient (Wildman–Crippen LogP) is 4.97. The van der Waals surface area contributed by atoms with Crippen molar-refractivity contribution in [3.8, 4) is 0 Å². The van der Waals surface area contributed by atoms with Gasteiger partial charge in [-0.15, -0.1) is 0 Å². The van der Waals surface area contributed by atoms with Crippen molar-refractivity contribution in [1.82, 2.24) is 5.43 Å². The van der Waals surface area contributed by atoms with E-state index in [1.54, 1.807) is 43.3 Å². The molecule has 3 aromatic rings. The summed E-state index contributed by atoms with van der Waals surface area (Å²) in [6, 6.07) is 22.9. The van der Waals surface area contributed by atoms with Crippen LogP contribution >= 0.6 is 11.6 Å². The van der Waals surface area contributed by atoms with E-state index in [4.69, 9.17) is 11.6 Å². The summed E-state index contributed by atoms with van der Waals surface area (Å²) >= 11 is 6.23. The highest BCUT2D eigenvalue weighted by atomic mass is 35.5. The number of anilines is 1. The number of aryl methyl sites for hydroxylation is 1. The summed E-state index contributed by atoms with van der Waals surface area (Å²) < 4.78 is 27.9. The van der Waals surface area contributed by atoms with Gasteiger partial charge in [-0.1, -0.05) is 66.2 Å². The lowest BCUT2D eigenvalue weighted by molar-refractivity contribution is -0.119. The molecule has 0 aliphatic carbocycles. The number of hydrazone groups is 1. The van der Waals surface area contributed by atoms with Gasteiger partial charge in [-0.2, -0.15) is 5.10 Å². The molecule has 0 saturated heterocycles. The Labute approximate surface area is 200 Å². The Balaban J connectivity index is 1.78. The first kappa shape index (κ1) is 24.5. The zero-order valence-electron chi connectivity index (χ0n) is 18.5. The van der Waals surface area contributed by atoms with Crippen LogP contribution in [0.15, 0.2) is 88.9 Å². The molecule has 33 heavy (non-hydrogen) atoms. The first-order valence-corrected chi connectivity index (χ1v) is 12.3. The number of carbonyl (C=O) groups excluding carboxylic acids is 1. The highest BCUT2D eigenvalue weighted by Gasteiger charge is 2.28. The van der Waals surface area contributed by atoms with Crippen molar-refractivity contribution in [2.45, 2.75) is 31.6 Å². The number of benzene rings is 3. The number of hydrogen-bond donors (Lipinski definition) is 1. The summed E-state index contributed by atoms with van der Waals surface area (Å²) in [6.45, 7) is 3.10. The maximum absolute atomic E-state index is 13.4. The van der Waals surface area contributed by atoms with Crippen molar-refractivity contribution in [3.05, 3.63) is 95.0 Å². The van der Waals surface area contributed by atoms with Crippen LogP contribution in [-0.2, 0) is 21.2 Å². The monoisotopic (exact) mass is 483 g/mol. The van der Waals surface area contributed by atoms with Crippen molar-refractivity contribution in [3.63, 3.8) is 0 Å².